The minimum absolute atomic E-state index is 0.0817. The zero-order valence-electron chi connectivity index (χ0n) is 10.6. The van der Waals surface area contributed by atoms with Crippen molar-refractivity contribution in [3.05, 3.63) is 41.9 Å². The van der Waals surface area contributed by atoms with Gasteiger partial charge in [0, 0.05) is 12.1 Å². The Hall–Kier alpha value is -2.15. The highest BCUT2D eigenvalue weighted by Crippen LogP contribution is 2.34. The number of anilines is 2. The van der Waals surface area contributed by atoms with Crippen LogP contribution in [0.3, 0.4) is 0 Å². The minimum Gasteiger partial charge on any atom is -0.467 e. The summed E-state index contributed by atoms with van der Waals surface area (Å²) < 4.78 is 32.7. The van der Waals surface area contributed by atoms with E-state index in [2.05, 4.69) is 10.4 Å². The monoisotopic (exact) mass is 280 g/mol. The van der Waals surface area contributed by atoms with Gasteiger partial charge in [0.05, 0.1) is 12.8 Å². The quantitative estimate of drug-likeness (QED) is 0.650. The van der Waals surface area contributed by atoms with Crippen LogP contribution in [0.15, 0.2) is 28.9 Å². The van der Waals surface area contributed by atoms with Crippen LogP contribution in [0.4, 0.5) is 20.4 Å². The van der Waals surface area contributed by atoms with Crippen molar-refractivity contribution >= 4 is 11.6 Å². The van der Waals surface area contributed by atoms with E-state index < -0.39 is 11.6 Å². The molecule has 7 heteroatoms. The molecule has 0 amide bonds. The molecule has 0 saturated heterocycles. The van der Waals surface area contributed by atoms with Crippen LogP contribution in [0.5, 0.6) is 0 Å². The summed E-state index contributed by atoms with van der Waals surface area (Å²) in [5.41, 5.74) is 2.13. The molecule has 1 aliphatic carbocycles. The lowest BCUT2D eigenvalue weighted by molar-refractivity contribution is 0.495. The molecule has 2 aromatic rings. The fourth-order valence-corrected chi connectivity index (χ4v) is 2.09. The van der Waals surface area contributed by atoms with E-state index in [4.69, 9.17) is 10.3 Å². The smallest absolute Gasteiger partial charge is 0.178 e. The molecular formula is C13H14F2N4O. The number of furan rings is 1. The predicted molar refractivity (Wildman–Crippen MR) is 69.9 cm³/mol. The first-order chi connectivity index (χ1) is 9.69. The highest BCUT2D eigenvalue weighted by atomic mass is 19.1. The summed E-state index contributed by atoms with van der Waals surface area (Å²) in [4.78, 5) is 5.70. The van der Waals surface area contributed by atoms with Crippen molar-refractivity contribution in [1.29, 1.82) is 0 Å². The summed E-state index contributed by atoms with van der Waals surface area (Å²) in [5, 5.41) is 0. The van der Waals surface area contributed by atoms with E-state index in [-0.39, 0.29) is 17.7 Å². The fraction of sp³-hybridized carbons (Fsp3) is 0.308. The van der Waals surface area contributed by atoms with Gasteiger partial charge in [-0.25, -0.2) is 19.6 Å². The van der Waals surface area contributed by atoms with Gasteiger partial charge in [-0.15, -0.1) is 0 Å². The molecule has 0 aliphatic heterocycles. The maximum atomic E-state index is 14.0. The van der Waals surface area contributed by atoms with Gasteiger partial charge in [-0.3, -0.25) is 0 Å². The van der Waals surface area contributed by atoms with Crippen molar-refractivity contribution in [1.82, 2.24) is 4.98 Å². The number of rotatable bonds is 5. The third-order valence-electron chi connectivity index (χ3n) is 3.21. The molecule has 0 bridgehead atoms. The molecule has 0 unspecified atom stereocenters. The summed E-state index contributed by atoms with van der Waals surface area (Å²) in [6, 6.07) is 4.55. The molecule has 2 aromatic heterocycles. The van der Waals surface area contributed by atoms with E-state index >= 15 is 0 Å². The number of halogens is 2. The predicted octanol–water partition coefficient (Wildman–Crippen LogP) is 2.41. The molecule has 3 rings (SSSR count). The maximum Gasteiger partial charge on any atom is 0.178 e. The molecular weight excluding hydrogens is 266 g/mol. The summed E-state index contributed by atoms with van der Waals surface area (Å²) in [5.74, 6) is 4.27. The van der Waals surface area contributed by atoms with E-state index in [9.17, 15) is 8.78 Å². The van der Waals surface area contributed by atoms with Gasteiger partial charge < -0.3 is 14.7 Å². The third-order valence-corrected chi connectivity index (χ3v) is 3.21. The number of pyridine rings is 1. The van der Waals surface area contributed by atoms with Crippen LogP contribution in [-0.2, 0) is 6.54 Å². The van der Waals surface area contributed by atoms with Crippen molar-refractivity contribution in [2.45, 2.75) is 25.4 Å². The Balaban J connectivity index is 1.94. The van der Waals surface area contributed by atoms with E-state index in [1.165, 1.54) is 0 Å². The van der Waals surface area contributed by atoms with Gasteiger partial charge in [0.2, 0.25) is 0 Å². The standard InChI is InChI=1S/C13H14F2N4O/c14-10-6-11(15)13(17-12(10)18-16)19(8-3-4-8)7-9-2-1-5-20-9/h1-2,5-6,8H,3-4,7,16H2,(H,17,18). The molecule has 5 nitrogen and oxygen atoms in total. The van der Waals surface area contributed by atoms with E-state index in [1.807, 2.05) is 0 Å². The first-order valence-corrected chi connectivity index (χ1v) is 6.30. The second-order valence-corrected chi connectivity index (χ2v) is 4.71. The second kappa shape index (κ2) is 5.09. The lowest BCUT2D eigenvalue weighted by Crippen LogP contribution is -2.27. The van der Waals surface area contributed by atoms with Crippen molar-refractivity contribution in [3.63, 3.8) is 0 Å². The average molecular weight is 280 g/mol. The van der Waals surface area contributed by atoms with Crippen molar-refractivity contribution in [2.75, 3.05) is 10.3 Å². The van der Waals surface area contributed by atoms with Crippen LogP contribution in [0.1, 0.15) is 18.6 Å². The van der Waals surface area contributed by atoms with Gasteiger partial charge in [-0.2, -0.15) is 0 Å². The Labute approximate surface area is 114 Å². The normalized spacial score (nSPS) is 14.3. The topological polar surface area (TPSA) is 67.3 Å². The number of nitrogens with one attached hydrogen (secondary N) is 1. The zero-order valence-corrected chi connectivity index (χ0v) is 10.6. The largest absolute Gasteiger partial charge is 0.467 e. The lowest BCUT2D eigenvalue weighted by atomic mass is 10.3. The van der Waals surface area contributed by atoms with Gasteiger partial charge in [0.15, 0.2) is 23.3 Å². The Kier molecular flexibility index (Phi) is 3.27. The Morgan fingerprint density at radius 3 is 2.80 bits per heavy atom. The number of nitrogen functional groups attached to an aromatic ring is 1. The maximum absolute atomic E-state index is 14.0. The van der Waals surface area contributed by atoms with Crippen LogP contribution < -0.4 is 16.2 Å². The molecule has 106 valence electrons. The third kappa shape index (κ3) is 2.44. The molecule has 20 heavy (non-hydrogen) atoms. The molecule has 0 aromatic carbocycles. The van der Waals surface area contributed by atoms with Gasteiger partial charge in [0.1, 0.15) is 5.76 Å². The molecule has 3 N–H and O–H groups in total. The van der Waals surface area contributed by atoms with E-state index in [1.54, 1.807) is 23.3 Å². The summed E-state index contributed by atoms with van der Waals surface area (Å²) >= 11 is 0. The number of nitrogens with two attached hydrogens (primary N) is 1. The van der Waals surface area contributed by atoms with Crippen LogP contribution in [0, 0.1) is 11.6 Å². The van der Waals surface area contributed by atoms with Crippen molar-refractivity contribution in [3.8, 4) is 0 Å². The van der Waals surface area contributed by atoms with Crippen LogP contribution in [-0.4, -0.2) is 11.0 Å². The first kappa shape index (κ1) is 12.9. The molecule has 1 aliphatic rings. The van der Waals surface area contributed by atoms with Crippen LogP contribution in [0.2, 0.25) is 0 Å². The van der Waals surface area contributed by atoms with Gasteiger partial charge in [-0.1, -0.05) is 0 Å². The fourth-order valence-electron chi connectivity index (χ4n) is 2.09. The van der Waals surface area contributed by atoms with Crippen molar-refractivity contribution in [2.24, 2.45) is 5.84 Å². The number of nitrogens with zero attached hydrogens (tertiary/aromatic N) is 2. The Bertz CT molecular complexity index is 599. The molecule has 0 spiro atoms. The minimum atomic E-state index is -0.817. The van der Waals surface area contributed by atoms with Gasteiger partial charge >= 0.3 is 0 Å². The summed E-state index contributed by atoms with van der Waals surface area (Å²) in [6.07, 6.45) is 3.46. The summed E-state index contributed by atoms with van der Waals surface area (Å²) in [6.45, 7) is 0.386. The highest BCUT2D eigenvalue weighted by molar-refractivity contribution is 5.50. The number of hydrazine groups is 1. The zero-order chi connectivity index (χ0) is 14.1. The molecule has 1 saturated carbocycles. The Morgan fingerprint density at radius 1 is 1.40 bits per heavy atom. The first-order valence-electron chi connectivity index (χ1n) is 6.30. The number of aromatic nitrogens is 1. The SMILES string of the molecule is NNc1nc(N(Cc2ccco2)C2CC2)c(F)cc1F. The number of hydrogen-bond donors (Lipinski definition) is 2. The van der Waals surface area contributed by atoms with Crippen LogP contribution in [0.25, 0.3) is 0 Å². The van der Waals surface area contributed by atoms with Crippen LogP contribution >= 0.6 is 0 Å². The highest BCUT2D eigenvalue weighted by Gasteiger charge is 2.33. The molecule has 0 radical (unpaired) electrons. The average Bonchev–Trinajstić information content (AvgIpc) is 3.14. The molecule has 2 heterocycles. The number of hydrogen-bond acceptors (Lipinski definition) is 5. The Morgan fingerprint density at radius 2 is 2.20 bits per heavy atom. The molecule has 0 atom stereocenters. The summed E-state index contributed by atoms with van der Waals surface area (Å²) in [7, 11) is 0. The second-order valence-electron chi connectivity index (χ2n) is 4.71. The van der Waals surface area contributed by atoms with E-state index in [0.29, 0.717) is 12.3 Å². The van der Waals surface area contributed by atoms with E-state index in [0.717, 1.165) is 18.9 Å². The van der Waals surface area contributed by atoms with Gasteiger partial charge in [-0.05, 0) is 25.0 Å². The lowest BCUT2D eigenvalue weighted by Gasteiger charge is -2.23. The van der Waals surface area contributed by atoms with Gasteiger partial charge in [0.25, 0.3) is 0 Å². The van der Waals surface area contributed by atoms with Crippen molar-refractivity contribution < 1.29 is 13.2 Å². The molecule has 1 fully saturated rings.